The molecule has 2 aromatic heterocycles. The van der Waals surface area contributed by atoms with Crippen molar-refractivity contribution in [3.63, 3.8) is 0 Å². The molecule has 0 aliphatic carbocycles. The van der Waals surface area contributed by atoms with Gasteiger partial charge in [-0.2, -0.15) is 0 Å². The van der Waals surface area contributed by atoms with Crippen molar-refractivity contribution in [2.75, 3.05) is 5.73 Å². The Bertz CT molecular complexity index is 3440. The first-order chi connectivity index (χ1) is 30.7. The summed E-state index contributed by atoms with van der Waals surface area (Å²) in [6.45, 7) is 0. The lowest BCUT2D eigenvalue weighted by molar-refractivity contribution is 1.07. The molecule has 0 aliphatic rings. The van der Waals surface area contributed by atoms with Gasteiger partial charge in [0.2, 0.25) is 0 Å². The fourth-order valence-corrected chi connectivity index (χ4v) is 8.48. The number of para-hydroxylation sites is 4. The standard InChI is InChI=1S/C56H38N6/c57-49-29-12-10-23-43(49)40-21-16-22-41(36-40)54-59-53(38-18-2-1-3-19-38)60-55(61-54)48-28-9-8-26-46(48)44-24-6-7-25-45(44)47-27-11-14-31-51(47)62-52-32-15-13-30-50(52)58-56(62)42-34-33-37-17-4-5-20-39(37)35-42/h1-36H,57H2. The monoisotopic (exact) mass is 794 g/mol. The number of anilines is 1. The van der Waals surface area contributed by atoms with Gasteiger partial charge in [-0.05, 0) is 69.4 Å². The van der Waals surface area contributed by atoms with E-state index < -0.39 is 0 Å². The largest absolute Gasteiger partial charge is 0.398 e. The quantitative estimate of drug-likeness (QED) is 0.155. The molecular weight excluding hydrogens is 757 g/mol. The second-order valence-corrected chi connectivity index (χ2v) is 15.3. The summed E-state index contributed by atoms with van der Waals surface area (Å²) < 4.78 is 2.30. The first-order valence-corrected chi connectivity index (χ1v) is 20.7. The number of nitrogens with zero attached hydrogens (tertiary/aromatic N) is 5. The molecule has 0 radical (unpaired) electrons. The van der Waals surface area contributed by atoms with Crippen molar-refractivity contribution >= 4 is 27.5 Å². The maximum atomic E-state index is 6.44. The summed E-state index contributed by atoms with van der Waals surface area (Å²) in [4.78, 5) is 20.8. The minimum absolute atomic E-state index is 0.576. The van der Waals surface area contributed by atoms with Crippen LogP contribution in [0.4, 0.5) is 5.69 Å². The van der Waals surface area contributed by atoms with Crippen LogP contribution in [-0.2, 0) is 0 Å². The molecule has 6 nitrogen and oxygen atoms in total. The van der Waals surface area contributed by atoms with Crippen molar-refractivity contribution in [2.45, 2.75) is 0 Å². The third kappa shape index (κ3) is 6.66. The fraction of sp³-hybridized carbons (Fsp3) is 0. The average molecular weight is 795 g/mol. The van der Waals surface area contributed by atoms with Gasteiger partial charge in [0.25, 0.3) is 0 Å². The first kappa shape index (κ1) is 36.6. The van der Waals surface area contributed by atoms with E-state index in [4.69, 9.17) is 25.7 Å². The Hall–Kier alpha value is -8.48. The molecule has 0 spiro atoms. The van der Waals surface area contributed by atoms with Gasteiger partial charge in [-0.15, -0.1) is 0 Å². The Balaban J connectivity index is 1.09. The predicted octanol–water partition coefficient (Wildman–Crippen LogP) is 13.6. The van der Waals surface area contributed by atoms with Gasteiger partial charge in [0.15, 0.2) is 17.5 Å². The van der Waals surface area contributed by atoms with Gasteiger partial charge in [0.05, 0.1) is 16.7 Å². The first-order valence-electron chi connectivity index (χ1n) is 20.7. The van der Waals surface area contributed by atoms with E-state index >= 15 is 0 Å². The second-order valence-electron chi connectivity index (χ2n) is 15.3. The van der Waals surface area contributed by atoms with Crippen LogP contribution in [0.3, 0.4) is 0 Å². The number of aromatic nitrogens is 5. The van der Waals surface area contributed by atoms with Crippen molar-refractivity contribution in [2.24, 2.45) is 0 Å². The van der Waals surface area contributed by atoms with Gasteiger partial charge in [-0.3, -0.25) is 4.57 Å². The van der Waals surface area contributed by atoms with Crippen LogP contribution in [0.2, 0.25) is 0 Å². The number of nitrogen functional groups attached to an aromatic ring is 1. The molecule has 11 aromatic rings. The normalized spacial score (nSPS) is 11.3. The van der Waals surface area contributed by atoms with Gasteiger partial charge >= 0.3 is 0 Å². The summed E-state index contributed by atoms with van der Waals surface area (Å²) in [6.07, 6.45) is 0. The van der Waals surface area contributed by atoms with Crippen LogP contribution >= 0.6 is 0 Å². The number of nitrogens with two attached hydrogens (primary N) is 1. The number of hydrogen-bond donors (Lipinski definition) is 1. The van der Waals surface area contributed by atoms with E-state index in [2.05, 4.69) is 144 Å². The summed E-state index contributed by atoms with van der Waals surface area (Å²) >= 11 is 0. The van der Waals surface area contributed by atoms with Crippen LogP contribution in [0.25, 0.3) is 106 Å². The molecule has 292 valence electrons. The lowest BCUT2D eigenvalue weighted by Gasteiger charge is -2.19. The van der Waals surface area contributed by atoms with Gasteiger partial charge in [0.1, 0.15) is 5.82 Å². The number of hydrogen-bond acceptors (Lipinski definition) is 5. The Morgan fingerprint density at radius 3 is 1.66 bits per heavy atom. The van der Waals surface area contributed by atoms with Crippen molar-refractivity contribution in [3.05, 3.63) is 218 Å². The SMILES string of the molecule is Nc1ccccc1-c1cccc(-c2nc(-c3ccccc3)nc(-c3ccccc3-c3ccccc3-c3ccccc3-n3c(-c4ccc5ccccc5c4)nc4ccccc43)n2)c1. The van der Waals surface area contributed by atoms with Crippen molar-refractivity contribution in [1.82, 2.24) is 24.5 Å². The molecule has 11 rings (SSSR count). The molecule has 0 bridgehead atoms. The van der Waals surface area contributed by atoms with E-state index in [1.807, 2.05) is 78.9 Å². The summed E-state index contributed by atoms with van der Waals surface area (Å²) in [5.41, 5.74) is 20.0. The highest BCUT2D eigenvalue weighted by atomic mass is 15.1. The summed E-state index contributed by atoms with van der Waals surface area (Å²) in [5, 5.41) is 2.36. The lowest BCUT2D eigenvalue weighted by atomic mass is 9.90. The number of fused-ring (bicyclic) bond motifs is 2. The maximum absolute atomic E-state index is 6.44. The highest BCUT2D eigenvalue weighted by molar-refractivity contribution is 5.95. The minimum Gasteiger partial charge on any atom is -0.398 e. The second kappa shape index (κ2) is 15.6. The molecule has 62 heavy (non-hydrogen) atoms. The molecule has 2 heterocycles. The summed E-state index contributed by atoms with van der Waals surface area (Å²) in [5.74, 6) is 2.63. The molecule has 2 N–H and O–H groups in total. The van der Waals surface area contributed by atoms with E-state index in [1.54, 1.807) is 0 Å². The highest BCUT2D eigenvalue weighted by Crippen LogP contribution is 2.42. The summed E-state index contributed by atoms with van der Waals surface area (Å²) in [6, 6.07) is 75.3. The number of imidazole rings is 1. The molecule has 9 aromatic carbocycles. The number of rotatable bonds is 8. The smallest absolute Gasteiger partial charge is 0.164 e. The molecule has 0 saturated heterocycles. The van der Waals surface area contributed by atoms with Crippen LogP contribution in [0.5, 0.6) is 0 Å². The Morgan fingerprint density at radius 1 is 0.323 bits per heavy atom. The zero-order valence-electron chi connectivity index (χ0n) is 33.6. The molecule has 0 saturated carbocycles. The molecule has 0 aliphatic heterocycles. The highest BCUT2D eigenvalue weighted by Gasteiger charge is 2.22. The molecule has 0 unspecified atom stereocenters. The predicted molar refractivity (Wildman–Crippen MR) is 254 cm³/mol. The Morgan fingerprint density at radius 2 is 0.871 bits per heavy atom. The van der Waals surface area contributed by atoms with Crippen LogP contribution in [0, 0.1) is 0 Å². The maximum Gasteiger partial charge on any atom is 0.164 e. The molecular formula is C56H38N6. The van der Waals surface area contributed by atoms with E-state index in [1.165, 1.54) is 10.8 Å². The molecule has 0 amide bonds. The zero-order valence-corrected chi connectivity index (χ0v) is 33.6. The number of benzene rings is 9. The van der Waals surface area contributed by atoms with Crippen molar-refractivity contribution < 1.29 is 0 Å². The van der Waals surface area contributed by atoms with Crippen LogP contribution < -0.4 is 5.73 Å². The third-order valence-electron chi connectivity index (χ3n) is 11.4. The van der Waals surface area contributed by atoms with Crippen molar-refractivity contribution in [3.8, 4) is 84.6 Å². The average Bonchev–Trinajstić information content (AvgIpc) is 3.74. The van der Waals surface area contributed by atoms with Gasteiger partial charge in [0, 0.05) is 39.1 Å². The zero-order chi connectivity index (χ0) is 41.4. The van der Waals surface area contributed by atoms with Crippen molar-refractivity contribution in [1.29, 1.82) is 0 Å². The lowest BCUT2D eigenvalue weighted by Crippen LogP contribution is -2.02. The topological polar surface area (TPSA) is 82.5 Å². The van der Waals surface area contributed by atoms with E-state index in [9.17, 15) is 0 Å². The van der Waals surface area contributed by atoms with Gasteiger partial charge in [-0.1, -0.05) is 182 Å². The van der Waals surface area contributed by atoms with Crippen LogP contribution in [0.15, 0.2) is 218 Å². The Labute approximate surface area is 359 Å². The van der Waals surface area contributed by atoms with E-state index in [0.29, 0.717) is 23.2 Å². The summed E-state index contributed by atoms with van der Waals surface area (Å²) in [7, 11) is 0. The molecule has 0 fully saturated rings. The van der Waals surface area contributed by atoms with Gasteiger partial charge < -0.3 is 5.73 Å². The van der Waals surface area contributed by atoms with Crippen LogP contribution in [0.1, 0.15) is 0 Å². The van der Waals surface area contributed by atoms with E-state index in [0.717, 1.165) is 78.2 Å². The van der Waals surface area contributed by atoms with Crippen LogP contribution in [-0.4, -0.2) is 24.5 Å². The Kier molecular flexibility index (Phi) is 9.21. The fourth-order valence-electron chi connectivity index (χ4n) is 8.48. The van der Waals surface area contributed by atoms with Gasteiger partial charge in [-0.25, -0.2) is 19.9 Å². The van der Waals surface area contributed by atoms with E-state index in [-0.39, 0.29) is 0 Å². The molecule has 6 heteroatoms. The molecule has 0 atom stereocenters. The minimum atomic E-state index is 0.576. The third-order valence-corrected chi connectivity index (χ3v) is 11.4.